The van der Waals surface area contributed by atoms with Crippen LogP contribution in [-0.2, 0) is 6.42 Å². The van der Waals surface area contributed by atoms with Crippen molar-refractivity contribution in [1.29, 1.82) is 0 Å². The Morgan fingerprint density at radius 2 is 2.25 bits per heavy atom. The molecule has 0 aliphatic rings. The highest BCUT2D eigenvalue weighted by Crippen LogP contribution is 1.93. The summed E-state index contributed by atoms with van der Waals surface area (Å²) >= 11 is 0. The maximum absolute atomic E-state index is 5.03. The molecule has 3 heteroatoms. The second-order valence-electron chi connectivity index (χ2n) is 2.03. The first-order chi connectivity index (χ1) is 5.93. The van der Waals surface area contributed by atoms with Gasteiger partial charge in [0.05, 0.1) is 6.20 Å². The second kappa shape index (κ2) is 8.27. The molecule has 1 aromatic rings. The van der Waals surface area contributed by atoms with Crippen LogP contribution in [0.4, 0.5) is 0 Å². The van der Waals surface area contributed by atoms with Crippen LogP contribution in [0.2, 0.25) is 0 Å². The molecule has 1 aromatic heterocycles. The van der Waals surface area contributed by atoms with E-state index in [1.807, 2.05) is 13.8 Å². The monoisotopic (exact) mass is 170 g/mol. The zero-order valence-corrected chi connectivity index (χ0v) is 8.13. The van der Waals surface area contributed by atoms with Gasteiger partial charge in [-0.05, 0) is 6.54 Å². The molecular weight excluding hydrogens is 152 g/mol. The number of aromatic nitrogens is 1. The quantitative estimate of drug-likeness (QED) is 0.701. The summed E-state index contributed by atoms with van der Waals surface area (Å²) in [7, 11) is 0. The smallest absolute Gasteiger partial charge is 0.195 e. The van der Waals surface area contributed by atoms with Crippen LogP contribution < -0.4 is 5.32 Å². The number of nitrogens with zero attached hydrogens (tertiary/aromatic N) is 1. The molecule has 0 fully saturated rings. The van der Waals surface area contributed by atoms with E-state index >= 15 is 0 Å². The van der Waals surface area contributed by atoms with Crippen molar-refractivity contribution in [3.63, 3.8) is 0 Å². The predicted octanol–water partition coefficient (Wildman–Crippen LogP) is 1.85. The van der Waals surface area contributed by atoms with Crippen LogP contribution in [0.5, 0.6) is 0 Å². The van der Waals surface area contributed by atoms with Gasteiger partial charge in [-0.1, -0.05) is 20.8 Å². The summed E-state index contributed by atoms with van der Waals surface area (Å²) in [5.74, 6) is 0.806. The van der Waals surface area contributed by atoms with E-state index in [1.54, 1.807) is 12.5 Å². The number of hydrogen-bond acceptors (Lipinski definition) is 3. The average molecular weight is 170 g/mol. The van der Waals surface area contributed by atoms with Crippen LogP contribution in [0.1, 0.15) is 26.7 Å². The molecule has 3 nitrogen and oxygen atoms in total. The van der Waals surface area contributed by atoms with Crippen LogP contribution in [-0.4, -0.2) is 18.1 Å². The van der Waals surface area contributed by atoms with Crippen molar-refractivity contribution in [3.05, 3.63) is 18.4 Å². The van der Waals surface area contributed by atoms with Gasteiger partial charge in [-0.3, -0.25) is 0 Å². The van der Waals surface area contributed by atoms with Crippen molar-refractivity contribution < 1.29 is 4.42 Å². The van der Waals surface area contributed by atoms with Gasteiger partial charge in [-0.15, -0.1) is 0 Å². The lowest BCUT2D eigenvalue weighted by atomic mass is 10.4. The van der Waals surface area contributed by atoms with Gasteiger partial charge >= 0.3 is 0 Å². The lowest BCUT2D eigenvalue weighted by Gasteiger charge is -1.95. The molecule has 0 aromatic carbocycles. The third-order valence-corrected chi connectivity index (χ3v) is 1.25. The zero-order chi connectivity index (χ0) is 9.23. The van der Waals surface area contributed by atoms with Crippen molar-refractivity contribution >= 4 is 0 Å². The minimum absolute atomic E-state index is 0.806. The van der Waals surface area contributed by atoms with E-state index in [4.69, 9.17) is 4.42 Å². The molecule has 0 bridgehead atoms. The first kappa shape index (κ1) is 11.2. The van der Waals surface area contributed by atoms with Gasteiger partial charge in [0.2, 0.25) is 0 Å². The Morgan fingerprint density at radius 1 is 1.50 bits per heavy atom. The van der Waals surface area contributed by atoms with Crippen LogP contribution in [0.3, 0.4) is 0 Å². The summed E-state index contributed by atoms with van der Waals surface area (Å²) in [5.41, 5.74) is 0. The number of rotatable bonds is 4. The highest BCUT2D eigenvalue weighted by Gasteiger charge is 1.93. The minimum atomic E-state index is 0.806. The van der Waals surface area contributed by atoms with E-state index in [-0.39, 0.29) is 0 Å². The van der Waals surface area contributed by atoms with Gasteiger partial charge in [0, 0.05) is 13.0 Å². The largest absolute Gasteiger partial charge is 0.449 e. The molecule has 0 saturated heterocycles. The van der Waals surface area contributed by atoms with E-state index in [1.165, 1.54) is 0 Å². The van der Waals surface area contributed by atoms with Crippen molar-refractivity contribution in [3.8, 4) is 0 Å². The summed E-state index contributed by atoms with van der Waals surface area (Å²) in [6.45, 7) is 8.02. The van der Waals surface area contributed by atoms with Gasteiger partial charge < -0.3 is 9.73 Å². The Bertz CT molecular complexity index is 161. The summed E-state index contributed by atoms with van der Waals surface area (Å²) < 4.78 is 5.03. The molecule has 1 N–H and O–H groups in total. The molecule has 1 rings (SSSR count). The summed E-state index contributed by atoms with van der Waals surface area (Å²) in [4.78, 5) is 3.98. The molecular formula is C9H18N2O. The lowest BCUT2D eigenvalue weighted by Crippen LogP contribution is -2.16. The highest BCUT2D eigenvalue weighted by molar-refractivity contribution is 4.80. The normalized spacial score (nSPS) is 8.92. The SMILES string of the molecule is CC.CCNCCc1ncco1. The Morgan fingerprint density at radius 3 is 2.75 bits per heavy atom. The Hall–Kier alpha value is -0.830. The number of hydrogen-bond donors (Lipinski definition) is 1. The molecule has 0 spiro atoms. The zero-order valence-electron chi connectivity index (χ0n) is 8.13. The third-order valence-electron chi connectivity index (χ3n) is 1.25. The van der Waals surface area contributed by atoms with Gasteiger partial charge in [-0.2, -0.15) is 0 Å². The first-order valence-corrected chi connectivity index (χ1v) is 4.52. The molecule has 0 amide bonds. The van der Waals surface area contributed by atoms with Crippen molar-refractivity contribution in [1.82, 2.24) is 10.3 Å². The van der Waals surface area contributed by atoms with E-state index in [0.29, 0.717) is 0 Å². The van der Waals surface area contributed by atoms with Gasteiger partial charge in [0.1, 0.15) is 6.26 Å². The molecule has 0 aliphatic heterocycles. The first-order valence-electron chi connectivity index (χ1n) is 4.52. The predicted molar refractivity (Wildman–Crippen MR) is 50.1 cm³/mol. The van der Waals surface area contributed by atoms with Crippen LogP contribution in [0.25, 0.3) is 0 Å². The number of oxazole rings is 1. The third kappa shape index (κ3) is 4.91. The molecule has 0 radical (unpaired) electrons. The van der Waals surface area contributed by atoms with Crippen molar-refractivity contribution in [2.45, 2.75) is 27.2 Å². The minimum Gasteiger partial charge on any atom is -0.449 e. The van der Waals surface area contributed by atoms with E-state index < -0.39 is 0 Å². The molecule has 0 aliphatic carbocycles. The Kier molecular flexibility index (Phi) is 7.70. The number of likely N-dealkylation sites (N-methyl/N-ethyl adjacent to an activating group) is 1. The van der Waals surface area contributed by atoms with Crippen LogP contribution in [0.15, 0.2) is 16.9 Å². The molecule has 0 unspecified atom stereocenters. The van der Waals surface area contributed by atoms with Gasteiger partial charge in [0.15, 0.2) is 5.89 Å². The van der Waals surface area contributed by atoms with E-state index in [0.717, 1.165) is 25.4 Å². The fourth-order valence-corrected chi connectivity index (χ4v) is 0.749. The number of nitrogens with one attached hydrogen (secondary N) is 1. The second-order valence-corrected chi connectivity index (χ2v) is 2.03. The molecule has 1 heterocycles. The van der Waals surface area contributed by atoms with Crippen molar-refractivity contribution in [2.24, 2.45) is 0 Å². The molecule has 70 valence electrons. The maximum Gasteiger partial charge on any atom is 0.195 e. The molecule has 12 heavy (non-hydrogen) atoms. The van der Waals surface area contributed by atoms with Crippen LogP contribution >= 0.6 is 0 Å². The molecule has 0 atom stereocenters. The summed E-state index contributed by atoms with van der Waals surface area (Å²) in [6.07, 6.45) is 4.14. The summed E-state index contributed by atoms with van der Waals surface area (Å²) in [5, 5.41) is 3.19. The van der Waals surface area contributed by atoms with Crippen LogP contribution in [0, 0.1) is 0 Å². The standard InChI is InChI=1S/C7H12N2O.C2H6/c1-2-8-4-3-7-9-5-6-10-7;1-2/h5-6,8H,2-4H2,1H3;1-2H3. The Balaban J connectivity index is 0.000000561. The topological polar surface area (TPSA) is 38.1 Å². The fourth-order valence-electron chi connectivity index (χ4n) is 0.749. The Labute approximate surface area is 74.2 Å². The van der Waals surface area contributed by atoms with E-state index in [9.17, 15) is 0 Å². The summed E-state index contributed by atoms with van der Waals surface area (Å²) in [6, 6.07) is 0. The van der Waals surface area contributed by atoms with Gasteiger partial charge in [0.25, 0.3) is 0 Å². The molecule has 0 saturated carbocycles. The fraction of sp³-hybridized carbons (Fsp3) is 0.667. The highest BCUT2D eigenvalue weighted by atomic mass is 16.3. The van der Waals surface area contributed by atoms with Crippen molar-refractivity contribution in [2.75, 3.05) is 13.1 Å². The van der Waals surface area contributed by atoms with E-state index in [2.05, 4.69) is 17.2 Å². The van der Waals surface area contributed by atoms with Gasteiger partial charge in [-0.25, -0.2) is 4.98 Å². The average Bonchev–Trinajstić information content (AvgIpc) is 2.61. The maximum atomic E-state index is 5.03. The lowest BCUT2D eigenvalue weighted by molar-refractivity contribution is 0.486.